The molecular formula is C13H13N3O2. The molecule has 2 N–H and O–H groups in total. The van der Waals surface area contributed by atoms with Crippen LogP contribution in [0.15, 0.2) is 36.5 Å². The zero-order valence-electron chi connectivity index (χ0n) is 9.96. The predicted octanol–water partition coefficient (Wildman–Crippen LogP) is 1.72. The number of nitrogen functional groups attached to an aromatic ring is 1. The average Bonchev–Trinajstić information content (AvgIpc) is 2.40. The fourth-order valence-electron chi connectivity index (χ4n) is 1.43. The Morgan fingerprint density at radius 1 is 1.33 bits per heavy atom. The lowest BCUT2D eigenvalue weighted by atomic mass is 10.2. The maximum absolute atomic E-state index is 11.8. The second-order valence-electron chi connectivity index (χ2n) is 3.81. The van der Waals surface area contributed by atoms with Gasteiger partial charge in [0.1, 0.15) is 6.61 Å². The van der Waals surface area contributed by atoms with E-state index in [9.17, 15) is 4.79 Å². The van der Waals surface area contributed by atoms with Crippen molar-refractivity contribution in [2.75, 3.05) is 5.73 Å². The number of hydrogen-bond donors (Lipinski definition) is 1. The molecule has 0 aliphatic heterocycles. The maximum Gasteiger partial charge on any atom is 0.361 e. The van der Waals surface area contributed by atoms with Crippen LogP contribution in [0.25, 0.3) is 0 Å². The van der Waals surface area contributed by atoms with Crippen LogP contribution in [0.4, 0.5) is 5.82 Å². The van der Waals surface area contributed by atoms with Gasteiger partial charge in [-0.1, -0.05) is 30.3 Å². The second kappa shape index (κ2) is 5.27. The molecule has 0 amide bonds. The zero-order valence-corrected chi connectivity index (χ0v) is 9.96. The van der Waals surface area contributed by atoms with Gasteiger partial charge in [-0.15, -0.1) is 0 Å². The van der Waals surface area contributed by atoms with E-state index in [1.807, 2.05) is 30.3 Å². The molecule has 2 rings (SSSR count). The van der Waals surface area contributed by atoms with E-state index in [1.54, 1.807) is 6.92 Å². The van der Waals surface area contributed by atoms with Crippen LogP contribution in [0.3, 0.4) is 0 Å². The van der Waals surface area contributed by atoms with Crippen LogP contribution < -0.4 is 5.73 Å². The number of esters is 1. The summed E-state index contributed by atoms with van der Waals surface area (Å²) in [7, 11) is 0. The standard InChI is InChI=1S/C13H13N3O2/c1-9-7-15-12(14)11(16-9)13(17)18-8-10-5-3-2-4-6-10/h2-7H,8H2,1H3,(H2,14,15). The number of aromatic nitrogens is 2. The Labute approximate surface area is 105 Å². The van der Waals surface area contributed by atoms with E-state index in [4.69, 9.17) is 10.5 Å². The Hall–Kier alpha value is -2.43. The van der Waals surface area contributed by atoms with Gasteiger partial charge < -0.3 is 10.5 Å². The van der Waals surface area contributed by atoms with Crippen LogP contribution in [0.2, 0.25) is 0 Å². The molecule has 5 nitrogen and oxygen atoms in total. The largest absolute Gasteiger partial charge is 0.456 e. The number of rotatable bonds is 3. The molecule has 0 radical (unpaired) electrons. The van der Waals surface area contributed by atoms with E-state index in [1.165, 1.54) is 6.20 Å². The van der Waals surface area contributed by atoms with Crippen molar-refractivity contribution in [2.45, 2.75) is 13.5 Å². The number of hydrogen-bond acceptors (Lipinski definition) is 5. The number of carbonyl (C=O) groups is 1. The van der Waals surface area contributed by atoms with Crippen molar-refractivity contribution < 1.29 is 9.53 Å². The minimum Gasteiger partial charge on any atom is -0.456 e. The SMILES string of the molecule is Cc1cnc(N)c(C(=O)OCc2ccccc2)n1. The van der Waals surface area contributed by atoms with E-state index in [2.05, 4.69) is 9.97 Å². The summed E-state index contributed by atoms with van der Waals surface area (Å²) < 4.78 is 5.13. The van der Waals surface area contributed by atoms with Crippen molar-refractivity contribution in [1.82, 2.24) is 9.97 Å². The smallest absolute Gasteiger partial charge is 0.361 e. The fourth-order valence-corrected chi connectivity index (χ4v) is 1.43. The average molecular weight is 243 g/mol. The summed E-state index contributed by atoms with van der Waals surface area (Å²) in [6, 6.07) is 9.40. The molecule has 1 aromatic heterocycles. The Bertz CT molecular complexity index is 555. The topological polar surface area (TPSA) is 78.1 Å². The molecule has 0 saturated carbocycles. The summed E-state index contributed by atoms with van der Waals surface area (Å²) in [5, 5.41) is 0. The lowest BCUT2D eigenvalue weighted by molar-refractivity contribution is 0.0466. The van der Waals surface area contributed by atoms with E-state index >= 15 is 0 Å². The van der Waals surface area contributed by atoms with Crippen molar-refractivity contribution in [2.24, 2.45) is 0 Å². The molecule has 18 heavy (non-hydrogen) atoms. The molecule has 0 aliphatic rings. The van der Waals surface area contributed by atoms with Gasteiger partial charge in [-0.05, 0) is 12.5 Å². The van der Waals surface area contributed by atoms with Gasteiger partial charge in [-0.2, -0.15) is 0 Å². The van der Waals surface area contributed by atoms with Crippen LogP contribution in [0.5, 0.6) is 0 Å². The van der Waals surface area contributed by atoms with E-state index in [0.717, 1.165) is 5.56 Å². The highest BCUT2D eigenvalue weighted by Gasteiger charge is 2.14. The normalized spacial score (nSPS) is 10.1. The van der Waals surface area contributed by atoms with Crippen molar-refractivity contribution in [3.8, 4) is 0 Å². The van der Waals surface area contributed by atoms with Crippen LogP contribution >= 0.6 is 0 Å². The Kier molecular flexibility index (Phi) is 3.52. The first-order valence-corrected chi connectivity index (χ1v) is 5.47. The van der Waals surface area contributed by atoms with E-state index < -0.39 is 5.97 Å². The summed E-state index contributed by atoms with van der Waals surface area (Å²) >= 11 is 0. The Morgan fingerprint density at radius 2 is 2.06 bits per heavy atom. The molecule has 0 fully saturated rings. The van der Waals surface area contributed by atoms with Crippen molar-refractivity contribution >= 4 is 11.8 Å². The molecule has 0 saturated heterocycles. The number of benzene rings is 1. The van der Waals surface area contributed by atoms with Crippen molar-refractivity contribution in [3.05, 3.63) is 53.5 Å². The molecule has 0 bridgehead atoms. The number of nitrogens with two attached hydrogens (primary N) is 1. The number of ether oxygens (including phenoxy) is 1. The highest BCUT2D eigenvalue weighted by atomic mass is 16.5. The monoisotopic (exact) mass is 243 g/mol. The molecular weight excluding hydrogens is 230 g/mol. The van der Waals surface area contributed by atoms with E-state index in [0.29, 0.717) is 5.69 Å². The third-order valence-corrected chi connectivity index (χ3v) is 2.33. The van der Waals surface area contributed by atoms with Gasteiger partial charge in [0.25, 0.3) is 0 Å². The number of nitrogens with zero attached hydrogens (tertiary/aromatic N) is 2. The highest BCUT2D eigenvalue weighted by molar-refractivity contribution is 5.91. The van der Waals surface area contributed by atoms with Crippen LogP contribution in [0, 0.1) is 6.92 Å². The van der Waals surface area contributed by atoms with Gasteiger partial charge in [-0.25, -0.2) is 14.8 Å². The zero-order chi connectivity index (χ0) is 13.0. The first-order valence-electron chi connectivity index (χ1n) is 5.47. The van der Waals surface area contributed by atoms with Crippen LogP contribution in [0.1, 0.15) is 21.7 Å². The van der Waals surface area contributed by atoms with Crippen molar-refractivity contribution in [3.63, 3.8) is 0 Å². The van der Waals surface area contributed by atoms with Gasteiger partial charge in [0.05, 0.1) is 11.9 Å². The Balaban J connectivity index is 2.06. The molecule has 0 aliphatic carbocycles. The minimum atomic E-state index is -0.562. The number of carbonyl (C=O) groups excluding carboxylic acids is 1. The molecule has 0 spiro atoms. The minimum absolute atomic E-state index is 0.0610. The summed E-state index contributed by atoms with van der Waals surface area (Å²) in [6.07, 6.45) is 1.50. The summed E-state index contributed by atoms with van der Waals surface area (Å²) in [4.78, 5) is 19.7. The summed E-state index contributed by atoms with van der Waals surface area (Å²) in [5.74, 6) is -0.480. The predicted molar refractivity (Wildman–Crippen MR) is 66.7 cm³/mol. The first kappa shape index (κ1) is 12.0. The quantitative estimate of drug-likeness (QED) is 0.830. The maximum atomic E-state index is 11.8. The third-order valence-electron chi connectivity index (χ3n) is 2.33. The lowest BCUT2D eigenvalue weighted by Crippen LogP contribution is -2.12. The second-order valence-corrected chi connectivity index (χ2v) is 3.81. The Morgan fingerprint density at radius 3 is 2.78 bits per heavy atom. The highest BCUT2D eigenvalue weighted by Crippen LogP contribution is 2.09. The molecule has 92 valence electrons. The van der Waals surface area contributed by atoms with Gasteiger partial charge in [0.15, 0.2) is 11.5 Å². The van der Waals surface area contributed by atoms with Gasteiger partial charge in [0, 0.05) is 0 Å². The third kappa shape index (κ3) is 2.82. The molecule has 0 unspecified atom stereocenters. The van der Waals surface area contributed by atoms with Gasteiger partial charge >= 0.3 is 5.97 Å². The van der Waals surface area contributed by atoms with Gasteiger partial charge in [-0.3, -0.25) is 0 Å². The molecule has 1 aromatic carbocycles. The molecule has 2 aromatic rings. The van der Waals surface area contributed by atoms with Gasteiger partial charge in [0.2, 0.25) is 0 Å². The molecule has 0 atom stereocenters. The van der Waals surface area contributed by atoms with Crippen LogP contribution in [-0.2, 0) is 11.3 Å². The van der Waals surface area contributed by atoms with Crippen LogP contribution in [-0.4, -0.2) is 15.9 Å². The number of anilines is 1. The lowest BCUT2D eigenvalue weighted by Gasteiger charge is -2.06. The molecule has 5 heteroatoms. The number of aryl methyl sites for hydroxylation is 1. The van der Waals surface area contributed by atoms with E-state index in [-0.39, 0.29) is 18.1 Å². The summed E-state index contributed by atoms with van der Waals surface area (Å²) in [6.45, 7) is 1.93. The molecule has 1 heterocycles. The first-order chi connectivity index (χ1) is 8.66. The fraction of sp³-hybridized carbons (Fsp3) is 0.154. The van der Waals surface area contributed by atoms with Crippen molar-refractivity contribution in [1.29, 1.82) is 0 Å². The summed E-state index contributed by atoms with van der Waals surface area (Å²) in [5.41, 5.74) is 7.17.